The van der Waals surface area contributed by atoms with Crippen LogP contribution in [-0.4, -0.2) is 30.1 Å². The number of ether oxygens (including phenoxy) is 1. The van der Waals surface area contributed by atoms with Crippen LogP contribution < -0.4 is 10.1 Å². The molecule has 2 N–H and O–H groups in total. The van der Waals surface area contributed by atoms with Gasteiger partial charge in [-0.1, -0.05) is 24.9 Å². The molecule has 1 amide bonds. The van der Waals surface area contributed by atoms with Crippen molar-refractivity contribution < 1.29 is 19.4 Å². The van der Waals surface area contributed by atoms with Crippen LogP contribution in [0.1, 0.15) is 25.3 Å². The maximum atomic E-state index is 11.6. The number of carboxylic acid groups (broad SMARTS) is 1. The molecule has 0 unspecified atom stereocenters. The molecule has 1 aromatic carbocycles. The zero-order chi connectivity index (χ0) is 15.7. The molecule has 1 aromatic rings. The first-order chi connectivity index (χ1) is 10.0. The summed E-state index contributed by atoms with van der Waals surface area (Å²) in [6, 6.07) is 4.79. The van der Waals surface area contributed by atoms with Crippen LogP contribution in [0.5, 0.6) is 5.75 Å². The standard InChI is InChI=1S/C15H18ClNO4/c1-2-3-8-17-14(18)10-21-13-6-5-12(16)9-11(13)4-7-15(19)20/h4-7,9H,2-3,8,10H2,1H3,(H,17,18)(H,19,20). The van der Waals surface area contributed by atoms with Crippen LogP contribution in [-0.2, 0) is 9.59 Å². The van der Waals surface area contributed by atoms with Crippen molar-refractivity contribution in [1.29, 1.82) is 0 Å². The van der Waals surface area contributed by atoms with E-state index in [1.54, 1.807) is 18.2 Å². The molecule has 6 heteroatoms. The molecule has 0 saturated carbocycles. The van der Waals surface area contributed by atoms with Crippen molar-refractivity contribution in [1.82, 2.24) is 5.32 Å². The Bertz CT molecular complexity index is 528. The number of hydrogen-bond acceptors (Lipinski definition) is 3. The molecule has 0 aliphatic rings. The van der Waals surface area contributed by atoms with Crippen molar-refractivity contribution in [2.24, 2.45) is 0 Å². The van der Waals surface area contributed by atoms with E-state index in [0.717, 1.165) is 18.9 Å². The molecule has 0 radical (unpaired) electrons. The summed E-state index contributed by atoms with van der Waals surface area (Å²) in [4.78, 5) is 22.1. The number of aliphatic carboxylic acids is 1. The van der Waals surface area contributed by atoms with E-state index >= 15 is 0 Å². The van der Waals surface area contributed by atoms with E-state index in [-0.39, 0.29) is 12.5 Å². The van der Waals surface area contributed by atoms with Gasteiger partial charge in [-0.2, -0.15) is 0 Å². The minimum Gasteiger partial charge on any atom is -0.483 e. The molecule has 21 heavy (non-hydrogen) atoms. The lowest BCUT2D eigenvalue weighted by Gasteiger charge is -2.10. The Morgan fingerprint density at radius 3 is 2.86 bits per heavy atom. The summed E-state index contributed by atoms with van der Waals surface area (Å²) < 4.78 is 5.40. The third kappa shape index (κ3) is 6.81. The van der Waals surface area contributed by atoms with Crippen LogP contribution >= 0.6 is 11.6 Å². The van der Waals surface area contributed by atoms with E-state index in [1.165, 1.54) is 6.08 Å². The molecule has 114 valence electrons. The summed E-state index contributed by atoms with van der Waals surface area (Å²) in [5.41, 5.74) is 0.506. The summed E-state index contributed by atoms with van der Waals surface area (Å²) in [7, 11) is 0. The SMILES string of the molecule is CCCCNC(=O)COc1ccc(Cl)cc1C=CC(=O)O. The van der Waals surface area contributed by atoms with Crippen LogP contribution in [0.15, 0.2) is 24.3 Å². The fraction of sp³-hybridized carbons (Fsp3) is 0.333. The number of hydrogen-bond donors (Lipinski definition) is 2. The molecule has 0 fully saturated rings. The van der Waals surface area contributed by atoms with E-state index in [0.29, 0.717) is 22.9 Å². The zero-order valence-corrected chi connectivity index (χ0v) is 12.5. The fourth-order valence-corrected chi connectivity index (χ4v) is 1.72. The molecule has 5 nitrogen and oxygen atoms in total. The Morgan fingerprint density at radius 2 is 2.19 bits per heavy atom. The van der Waals surface area contributed by atoms with Gasteiger partial charge in [0, 0.05) is 23.2 Å². The van der Waals surface area contributed by atoms with Gasteiger partial charge in [-0.15, -0.1) is 0 Å². The van der Waals surface area contributed by atoms with Gasteiger partial charge >= 0.3 is 5.97 Å². The highest BCUT2D eigenvalue weighted by Crippen LogP contribution is 2.24. The smallest absolute Gasteiger partial charge is 0.328 e. The van der Waals surface area contributed by atoms with Crippen molar-refractivity contribution in [3.05, 3.63) is 34.9 Å². The Labute approximate surface area is 128 Å². The van der Waals surface area contributed by atoms with Crippen LogP contribution in [0.25, 0.3) is 6.08 Å². The topological polar surface area (TPSA) is 75.6 Å². The average Bonchev–Trinajstić information content (AvgIpc) is 2.44. The first-order valence-electron chi connectivity index (χ1n) is 6.63. The Balaban J connectivity index is 2.65. The first kappa shape index (κ1) is 17.0. The summed E-state index contributed by atoms with van der Waals surface area (Å²) in [5, 5.41) is 11.8. The monoisotopic (exact) mass is 311 g/mol. The molecule has 0 atom stereocenters. The number of rotatable bonds is 8. The lowest BCUT2D eigenvalue weighted by Crippen LogP contribution is -2.29. The molecule has 0 heterocycles. The lowest BCUT2D eigenvalue weighted by atomic mass is 10.2. The van der Waals surface area contributed by atoms with Gasteiger partial charge in [0.05, 0.1) is 0 Å². The van der Waals surface area contributed by atoms with Crippen LogP contribution in [0, 0.1) is 0 Å². The summed E-state index contributed by atoms with van der Waals surface area (Å²) >= 11 is 5.86. The number of carboxylic acids is 1. The average molecular weight is 312 g/mol. The largest absolute Gasteiger partial charge is 0.483 e. The van der Waals surface area contributed by atoms with Crippen LogP contribution in [0.2, 0.25) is 5.02 Å². The number of carbonyl (C=O) groups is 2. The van der Waals surface area contributed by atoms with Crippen LogP contribution in [0.4, 0.5) is 0 Å². The van der Waals surface area contributed by atoms with Gasteiger partial charge in [0.25, 0.3) is 5.91 Å². The summed E-state index contributed by atoms with van der Waals surface area (Å²) in [5.74, 6) is -0.882. The second-order valence-corrected chi connectivity index (χ2v) is 4.78. The highest BCUT2D eigenvalue weighted by molar-refractivity contribution is 6.30. The number of carbonyl (C=O) groups excluding carboxylic acids is 1. The number of unbranched alkanes of at least 4 members (excludes halogenated alkanes) is 1. The number of halogens is 1. The molecular weight excluding hydrogens is 294 g/mol. The maximum Gasteiger partial charge on any atom is 0.328 e. The molecule has 0 spiro atoms. The van der Waals surface area contributed by atoms with Crippen molar-refractivity contribution in [3.8, 4) is 5.75 Å². The van der Waals surface area contributed by atoms with E-state index in [4.69, 9.17) is 21.4 Å². The third-order valence-corrected chi connectivity index (χ3v) is 2.82. The first-order valence-corrected chi connectivity index (χ1v) is 7.00. The number of benzene rings is 1. The predicted molar refractivity (Wildman–Crippen MR) is 81.5 cm³/mol. The molecule has 0 aromatic heterocycles. The van der Waals surface area contributed by atoms with E-state index < -0.39 is 5.97 Å². The van der Waals surface area contributed by atoms with Crippen molar-refractivity contribution in [2.75, 3.05) is 13.2 Å². The van der Waals surface area contributed by atoms with Gasteiger partial charge < -0.3 is 15.2 Å². The van der Waals surface area contributed by atoms with Gasteiger partial charge in [0.2, 0.25) is 0 Å². The highest BCUT2D eigenvalue weighted by Gasteiger charge is 2.06. The molecule has 1 rings (SSSR count). The molecular formula is C15H18ClNO4. The van der Waals surface area contributed by atoms with Gasteiger partial charge in [0.1, 0.15) is 5.75 Å². The molecule has 0 saturated heterocycles. The Hall–Kier alpha value is -2.01. The van der Waals surface area contributed by atoms with Crippen molar-refractivity contribution in [2.45, 2.75) is 19.8 Å². The van der Waals surface area contributed by atoms with Gasteiger partial charge in [0.15, 0.2) is 6.61 Å². The lowest BCUT2D eigenvalue weighted by molar-refractivity contribution is -0.131. The highest BCUT2D eigenvalue weighted by atomic mass is 35.5. The van der Waals surface area contributed by atoms with Gasteiger partial charge in [-0.25, -0.2) is 4.79 Å². The van der Waals surface area contributed by atoms with E-state index in [1.807, 2.05) is 6.92 Å². The molecule has 0 bridgehead atoms. The van der Waals surface area contributed by atoms with Gasteiger partial charge in [-0.3, -0.25) is 4.79 Å². The van der Waals surface area contributed by atoms with Crippen LogP contribution in [0.3, 0.4) is 0 Å². The Kier molecular flexibility index (Phi) is 7.32. The van der Waals surface area contributed by atoms with E-state index in [9.17, 15) is 9.59 Å². The number of nitrogens with one attached hydrogen (secondary N) is 1. The zero-order valence-electron chi connectivity index (χ0n) is 11.8. The van der Waals surface area contributed by atoms with Crippen molar-refractivity contribution >= 4 is 29.6 Å². The summed E-state index contributed by atoms with van der Waals surface area (Å²) in [6.45, 7) is 2.53. The van der Waals surface area contributed by atoms with E-state index in [2.05, 4.69) is 5.32 Å². The van der Waals surface area contributed by atoms with Crippen molar-refractivity contribution in [3.63, 3.8) is 0 Å². The van der Waals surface area contributed by atoms with Gasteiger partial charge in [-0.05, 0) is 30.7 Å². The molecule has 0 aliphatic carbocycles. The third-order valence-electron chi connectivity index (χ3n) is 2.59. The summed E-state index contributed by atoms with van der Waals surface area (Å²) in [6.07, 6.45) is 4.28. The second-order valence-electron chi connectivity index (χ2n) is 4.35. The minimum absolute atomic E-state index is 0.126. The predicted octanol–water partition coefficient (Wildman–Crippen LogP) is 2.73. The number of amides is 1. The fourth-order valence-electron chi connectivity index (χ4n) is 1.54. The molecule has 0 aliphatic heterocycles. The quantitative estimate of drug-likeness (QED) is 0.572. The minimum atomic E-state index is -1.07. The maximum absolute atomic E-state index is 11.6. The second kappa shape index (κ2) is 9.02. The Morgan fingerprint density at radius 1 is 1.43 bits per heavy atom. The normalized spacial score (nSPS) is 10.6.